The lowest BCUT2D eigenvalue weighted by atomic mass is 9.98. The van der Waals surface area contributed by atoms with Gasteiger partial charge in [0.25, 0.3) is 0 Å². The predicted octanol–water partition coefficient (Wildman–Crippen LogP) is 3.04. The van der Waals surface area contributed by atoms with Crippen molar-refractivity contribution in [2.45, 2.75) is 6.04 Å². The number of halogens is 1. The summed E-state index contributed by atoms with van der Waals surface area (Å²) in [5, 5.41) is 11.9. The normalized spacial score (nSPS) is 11.7. The zero-order valence-electron chi connectivity index (χ0n) is 11.1. The minimum absolute atomic E-state index is 0.152. The van der Waals surface area contributed by atoms with Crippen LogP contribution in [0.25, 0.3) is 0 Å². The molecule has 4 heteroatoms. The fraction of sp³-hybridized carbons (Fsp3) is 0.188. The van der Waals surface area contributed by atoms with Crippen LogP contribution in [0.1, 0.15) is 17.2 Å². The number of hydrogen-bond acceptors (Lipinski definition) is 3. The summed E-state index contributed by atoms with van der Waals surface area (Å²) in [6.45, 7) is 0.216. The maximum absolute atomic E-state index is 13.0. The van der Waals surface area contributed by atoms with Crippen LogP contribution in [0.3, 0.4) is 0 Å². The molecule has 0 spiro atoms. The van der Waals surface area contributed by atoms with Crippen LogP contribution in [0.5, 0.6) is 5.75 Å². The number of ether oxygens (including phenoxy) is 1. The summed E-state index contributed by atoms with van der Waals surface area (Å²) in [4.78, 5) is 0. The fourth-order valence-corrected chi connectivity index (χ4v) is 2.03. The summed E-state index contributed by atoms with van der Waals surface area (Å²) < 4.78 is 18.1. The van der Waals surface area contributed by atoms with Gasteiger partial charge in [-0.05, 0) is 35.4 Å². The highest BCUT2D eigenvalue weighted by Gasteiger charge is 2.13. The number of nitrogens with one attached hydrogen (secondary N) is 1. The molecular formula is C16H15FN2O. The van der Waals surface area contributed by atoms with Crippen molar-refractivity contribution >= 4 is 0 Å². The van der Waals surface area contributed by atoms with Crippen LogP contribution in [0.15, 0.2) is 48.5 Å². The predicted molar refractivity (Wildman–Crippen MR) is 74.9 cm³/mol. The highest BCUT2D eigenvalue weighted by Crippen LogP contribution is 2.24. The Bertz CT molecular complexity index is 587. The maximum atomic E-state index is 13.0. The molecule has 102 valence electrons. The molecule has 0 saturated heterocycles. The van der Waals surface area contributed by atoms with E-state index in [1.54, 1.807) is 19.2 Å². The van der Waals surface area contributed by atoms with Crippen LogP contribution in [-0.2, 0) is 0 Å². The molecule has 3 nitrogen and oxygen atoms in total. The molecule has 2 aromatic carbocycles. The third-order valence-corrected chi connectivity index (χ3v) is 3.04. The SMILES string of the molecule is COc1ccc([C@@H](NCC#N)c2ccc(F)cc2)cc1. The molecule has 0 aliphatic carbocycles. The lowest BCUT2D eigenvalue weighted by Crippen LogP contribution is -2.22. The molecule has 2 rings (SSSR count). The Morgan fingerprint density at radius 2 is 1.65 bits per heavy atom. The van der Waals surface area contributed by atoms with E-state index in [1.807, 2.05) is 24.3 Å². The summed E-state index contributed by atoms with van der Waals surface area (Å²) >= 11 is 0. The van der Waals surface area contributed by atoms with E-state index in [0.717, 1.165) is 16.9 Å². The standard InChI is InChI=1S/C16H15FN2O/c1-20-15-8-4-13(5-9-15)16(19-11-10-18)12-2-6-14(17)7-3-12/h2-9,16,19H,11H2,1H3/t16-/m0/s1. The van der Waals surface area contributed by atoms with E-state index >= 15 is 0 Å². The monoisotopic (exact) mass is 270 g/mol. The molecular weight excluding hydrogens is 255 g/mol. The number of methoxy groups -OCH3 is 1. The second kappa shape index (κ2) is 6.69. The Hall–Kier alpha value is -2.38. The summed E-state index contributed by atoms with van der Waals surface area (Å²) in [6.07, 6.45) is 0. The molecule has 20 heavy (non-hydrogen) atoms. The van der Waals surface area contributed by atoms with Gasteiger partial charge < -0.3 is 4.74 Å². The molecule has 0 aliphatic heterocycles. The van der Waals surface area contributed by atoms with Crippen molar-refractivity contribution in [3.05, 3.63) is 65.5 Å². The smallest absolute Gasteiger partial charge is 0.123 e. The summed E-state index contributed by atoms with van der Waals surface area (Å²) in [5.41, 5.74) is 1.90. The summed E-state index contributed by atoms with van der Waals surface area (Å²) in [7, 11) is 1.61. The van der Waals surface area contributed by atoms with E-state index < -0.39 is 0 Å². The summed E-state index contributed by atoms with van der Waals surface area (Å²) in [5.74, 6) is 0.495. The molecule has 0 amide bonds. The largest absolute Gasteiger partial charge is 0.497 e. The van der Waals surface area contributed by atoms with E-state index in [0.29, 0.717) is 0 Å². The number of nitrogens with zero attached hydrogens (tertiary/aromatic N) is 1. The van der Waals surface area contributed by atoms with Gasteiger partial charge in [0.05, 0.1) is 25.8 Å². The van der Waals surface area contributed by atoms with Crippen molar-refractivity contribution in [1.82, 2.24) is 5.32 Å². The first-order chi connectivity index (χ1) is 9.74. The average Bonchev–Trinajstić information content (AvgIpc) is 2.50. The van der Waals surface area contributed by atoms with Crippen LogP contribution in [-0.4, -0.2) is 13.7 Å². The van der Waals surface area contributed by atoms with Crippen molar-refractivity contribution in [2.75, 3.05) is 13.7 Å². The third-order valence-electron chi connectivity index (χ3n) is 3.04. The van der Waals surface area contributed by atoms with E-state index in [2.05, 4.69) is 11.4 Å². The molecule has 0 aromatic heterocycles. The molecule has 2 aromatic rings. The number of nitriles is 1. The van der Waals surface area contributed by atoms with Gasteiger partial charge in [-0.3, -0.25) is 5.32 Å². The van der Waals surface area contributed by atoms with Crippen LogP contribution in [0.2, 0.25) is 0 Å². The van der Waals surface area contributed by atoms with Crippen molar-refractivity contribution in [2.24, 2.45) is 0 Å². The maximum Gasteiger partial charge on any atom is 0.123 e. The Labute approximate surface area is 117 Å². The number of hydrogen-bond donors (Lipinski definition) is 1. The van der Waals surface area contributed by atoms with Gasteiger partial charge in [-0.2, -0.15) is 5.26 Å². The zero-order valence-corrected chi connectivity index (χ0v) is 11.1. The fourth-order valence-electron chi connectivity index (χ4n) is 2.03. The molecule has 0 aliphatic rings. The Kier molecular flexibility index (Phi) is 4.70. The van der Waals surface area contributed by atoms with Crippen molar-refractivity contribution < 1.29 is 9.13 Å². The van der Waals surface area contributed by atoms with Crippen LogP contribution >= 0.6 is 0 Å². The molecule has 0 radical (unpaired) electrons. The van der Waals surface area contributed by atoms with Crippen LogP contribution in [0, 0.1) is 17.1 Å². The van der Waals surface area contributed by atoms with Crippen molar-refractivity contribution in [1.29, 1.82) is 5.26 Å². The molecule has 0 heterocycles. The molecule has 0 unspecified atom stereocenters. The minimum Gasteiger partial charge on any atom is -0.497 e. The summed E-state index contributed by atoms with van der Waals surface area (Å²) in [6, 6.07) is 15.8. The van der Waals surface area contributed by atoms with Gasteiger partial charge in [0.2, 0.25) is 0 Å². The van der Waals surface area contributed by atoms with E-state index in [9.17, 15) is 4.39 Å². The first-order valence-electron chi connectivity index (χ1n) is 6.24. The van der Waals surface area contributed by atoms with Crippen molar-refractivity contribution in [3.8, 4) is 11.8 Å². The topological polar surface area (TPSA) is 45.0 Å². The number of benzene rings is 2. The average molecular weight is 270 g/mol. The van der Waals surface area contributed by atoms with Gasteiger partial charge in [0.1, 0.15) is 11.6 Å². The molecule has 1 N–H and O–H groups in total. The first kappa shape index (κ1) is 14.0. The quantitative estimate of drug-likeness (QED) is 0.849. The number of rotatable bonds is 5. The zero-order chi connectivity index (χ0) is 14.4. The Balaban J connectivity index is 2.30. The highest BCUT2D eigenvalue weighted by molar-refractivity contribution is 5.35. The Morgan fingerprint density at radius 3 is 2.15 bits per heavy atom. The van der Waals surface area contributed by atoms with Gasteiger partial charge in [0.15, 0.2) is 0 Å². The van der Waals surface area contributed by atoms with Gasteiger partial charge in [-0.25, -0.2) is 4.39 Å². The van der Waals surface area contributed by atoms with Gasteiger partial charge in [-0.15, -0.1) is 0 Å². The first-order valence-corrected chi connectivity index (χ1v) is 6.24. The van der Waals surface area contributed by atoms with Gasteiger partial charge in [0, 0.05) is 0 Å². The van der Waals surface area contributed by atoms with Crippen LogP contribution in [0.4, 0.5) is 4.39 Å². The second-order valence-corrected chi connectivity index (χ2v) is 4.30. The highest BCUT2D eigenvalue weighted by atomic mass is 19.1. The van der Waals surface area contributed by atoms with E-state index in [1.165, 1.54) is 12.1 Å². The molecule has 0 fully saturated rings. The lowest BCUT2D eigenvalue weighted by Gasteiger charge is -2.18. The van der Waals surface area contributed by atoms with E-state index in [4.69, 9.17) is 10.00 Å². The van der Waals surface area contributed by atoms with Gasteiger partial charge in [-0.1, -0.05) is 24.3 Å². The third kappa shape index (κ3) is 3.34. The molecule has 1 atom stereocenters. The van der Waals surface area contributed by atoms with Crippen molar-refractivity contribution in [3.63, 3.8) is 0 Å². The Morgan fingerprint density at radius 1 is 1.10 bits per heavy atom. The lowest BCUT2D eigenvalue weighted by molar-refractivity contribution is 0.414. The van der Waals surface area contributed by atoms with E-state index in [-0.39, 0.29) is 18.4 Å². The minimum atomic E-state index is -0.275. The second-order valence-electron chi connectivity index (χ2n) is 4.30. The van der Waals surface area contributed by atoms with Crippen LogP contribution < -0.4 is 10.1 Å². The molecule has 0 saturated carbocycles. The molecule has 0 bridgehead atoms. The van der Waals surface area contributed by atoms with Gasteiger partial charge >= 0.3 is 0 Å².